The average Bonchev–Trinajstić information content (AvgIpc) is 2.35. The van der Waals surface area contributed by atoms with E-state index in [0.717, 1.165) is 18.4 Å². The van der Waals surface area contributed by atoms with Crippen molar-refractivity contribution in [1.82, 2.24) is 0 Å². The Labute approximate surface area is 98.0 Å². The van der Waals surface area contributed by atoms with Gasteiger partial charge in [-0.25, -0.2) is 0 Å². The highest BCUT2D eigenvalue weighted by Crippen LogP contribution is 2.22. The topological polar surface area (TPSA) is 26.0 Å². The lowest BCUT2D eigenvalue weighted by molar-refractivity contribution is 0.814. The summed E-state index contributed by atoms with van der Waals surface area (Å²) in [5.41, 5.74) is 8.55. The van der Waals surface area contributed by atoms with Crippen LogP contribution in [0.4, 0.5) is 0 Å². The number of hydrogen-bond acceptors (Lipinski definition) is 1. The molecule has 1 aromatic carbocycles. The molecule has 1 rings (SSSR count). The van der Waals surface area contributed by atoms with Crippen LogP contribution in [0.15, 0.2) is 67.3 Å². The van der Waals surface area contributed by atoms with Gasteiger partial charge in [-0.3, -0.25) is 0 Å². The highest BCUT2D eigenvalue weighted by atomic mass is 14.6. The van der Waals surface area contributed by atoms with Crippen molar-refractivity contribution in [2.75, 3.05) is 0 Å². The summed E-state index contributed by atoms with van der Waals surface area (Å²) in [6.45, 7) is 7.48. The summed E-state index contributed by atoms with van der Waals surface area (Å²) in [6, 6.07) is 10.1. The van der Waals surface area contributed by atoms with Gasteiger partial charge in [0.05, 0.1) is 6.04 Å². The molecule has 0 saturated heterocycles. The van der Waals surface area contributed by atoms with E-state index in [0.29, 0.717) is 0 Å². The fraction of sp³-hybridized carbons (Fsp3) is 0.200. The molecule has 16 heavy (non-hydrogen) atoms. The molecule has 0 spiro atoms. The lowest BCUT2D eigenvalue weighted by Gasteiger charge is -2.15. The van der Waals surface area contributed by atoms with E-state index < -0.39 is 0 Å². The molecule has 1 heteroatoms. The number of rotatable bonds is 6. The van der Waals surface area contributed by atoms with E-state index in [1.54, 1.807) is 0 Å². The highest BCUT2D eigenvalue weighted by Gasteiger charge is 2.09. The first kappa shape index (κ1) is 12.5. The number of allylic oxidation sites excluding steroid dienone is 3. The van der Waals surface area contributed by atoms with Crippen LogP contribution in [0.25, 0.3) is 0 Å². The van der Waals surface area contributed by atoms with E-state index in [1.807, 2.05) is 30.4 Å². The zero-order valence-corrected chi connectivity index (χ0v) is 9.60. The van der Waals surface area contributed by atoms with Gasteiger partial charge in [-0.15, -0.1) is 13.2 Å². The van der Waals surface area contributed by atoms with Crippen LogP contribution in [0.3, 0.4) is 0 Å². The van der Waals surface area contributed by atoms with Gasteiger partial charge in [-0.2, -0.15) is 0 Å². The Morgan fingerprint density at radius 3 is 2.44 bits per heavy atom. The molecule has 84 valence electrons. The van der Waals surface area contributed by atoms with Crippen molar-refractivity contribution in [1.29, 1.82) is 0 Å². The number of hydrogen-bond donors (Lipinski definition) is 1. The normalized spacial score (nSPS) is 13.2. The van der Waals surface area contributed by atoms with Crippen LogP contribution >= 0.6 is 0 Å². The van der Waals surface area contributed by atoms with Crippen molar-refractivity contribution in [3.63, 3.8) is 0 Å². The standard InChI is InChI=1S/C15H19N/c1-3-5-10-13(9-4-2)15(16)14-11-7-6-8-12-14/h3-4,6-8,10-12,15H,1-2,5,9,16H2. The first-order chi connectivity index (χ1) is 7.79. The van der Waals surface area contributed by atoms with Crippen molar-refractivity contribution < 1.29 is 0 Å². The third kappa shape index (κ3) is 3.52. The van der Waals surface area contributed by atoms with Crippen molar-refractivity contribution >= 4 is 0 Å². The molecule has 1 unspecified atom stereocenters. The van der Waals surface area contributed by atoms with E-state index >= 15 is 0 Å². The first-order valence-electron chi connectivity index (χ1n) is 5.50. The minimum atomic E-state index is -0.0425. The SMILES string of the molecule is C=CCC=C(CC=C)C(N)c1ccccc1. The number of benzene rings is 1. The fourth-order valence-electron chi connectivity index (χ4n) is 1.61. The van der Waals surface area contributed by atoms with Gasteiger partial charge in [0.2, 0.25) is 0 Å². The maximum absolute atomic E-state index is 6.22. The predicted octanol–water partition coefficient (Wildman–Crippen LogP) is 3.77. The molecule has 0 amide bonds. The van der Waals surface area contributed by atoms with Crippen LogP contribution in [-0.2, 0) is 0 Å². The summed E-state index contributed by atoms with van der Waals surface area (Å²) in [5.74, 6) is 0. The summed E-state index contributed by atoms with van der Waals surface area (Å²) in [6.07, 6.45) is 7.57. The average molecular weight is 213 g/mol. The molecule has 1 atom stereocenters. The molecule has 0 radical (unpaired) electrons. The second-order valence-corrected chi connectivity index (χ2v) is 3.68. The van der Waals surface area contributed by atoms with Crippen LogP contribution in [0.2, 0.25) is 0 Å². The Morgan fingerprint density at radius 2 is 1.88 bits per heavy atom. The minimum absolute atomic E-state index is 0.0425. The summed E-state index contributed by atoms with van der Waals surface area (Å²) < 4.78 is 0. The molecular formula is C15H19N. The Balaban J connectivity index is 2.86. The Hall–Kier alpha value is -1.60. The third-order valence-corrected chi connectivity index (χ3v) is 2.48. The van der Waals surface area contributed by atoms with E-state index in [1.165, 1.54) is 5.57 Å². The molecule has 0 bridgehead atoms. The quantitative estimate of drug-likeness (QED) is 0.715. The van der Waals surface area contributed by atoms with Crippen LogP contribution < -0.4 is 5.73 Å². The predicted molar refractivity (Wildman–Crippen MR) is 71.1 cm³/mol. The second-order valence-electron chi connectivity index (χ2n) is 3.68. The fourth-order valence-corrected chi connectivity index (χ4v) is 1.61. The molecule has 0 aliphatic carbocycles. The molecule has 0 aromatic heterocycles. The molecule has 0 aliphatic heterocycles. The Bertz CT molecular complexity index is 362. The highest BCUT2D eigenvalue weighted by molar-refractivity contribution is 5.28. The lowest BCUT2D eigenvalue weighted by atomic mass is 9.96. The molecule has 0 heterocycles. The number of nitrogens with two attached hydrogens (primary N) is 1. The third-order valence-electron chi connectivity index (χ3n) is 2.48. The van der Waals surface area contributed by atoms with Crippen molar-refractivity contribution in [3.05, 3.63) is 72.9 Å². The lowest BCUT2D eigenvalue weighted by Crippen LogP contribution is -2.12. The summed E-state index contributed by atoms with van der Waals surface area (Å²) >= 11 is 0. The van der Waals surface area contributed by atoms with Crippen molar-refractivity contribution in [2.24, 2.45) is 5.73 Å². The van der Waals surface area contributed by atoms with E-state index in [4.69, 9.17) is 5.73 Å². The van der Waals surface area contributed by atoms with Gasteiger partial charge in [-0.1, -0.05) is 48.6 Å². The van der Waals surface area contributed by atoms with Crippen molar-refractivity contribution in [2.45, 2.75) is 18.9 Å². The van der Waals surface area contributed by atoms with Gasteiger partial charge in [0, 0.05) is 0 Å². The molecule has 0 saturated carbocycles. The molecule has 0 aliphatic rings. The molecule has 1 nitrogen and oxygen atoms in total. The maximum Gasteiger partial charge on any atom is 0.0514 e. The van der Waals surface area contributed by atoms with Gasteiger partial charge < -0.3 is 5.73 Å². The van der Waals surface area contributed by atoms with E-state index in [-0.39, 0.29) is 6.04 Å². The van der Waals surface area contributed by atoms with Gasteiger partial charge in [0.1, 0.15) is 0 Å². The smallest absolute Gasteiger partial charge is 0.0514 e. The molecule has 0 fully saturated rings. The van der Waals surface area contributed by atoms with E-state index in [9.17, 15) is 0 Å². The summed E-state index contributed by atoms with van der Waals surface area (Å²) in [5, 5.41) is 0. The van der Waals surface area contributed by atoms with Gasteiger partial charge in [-0.05, 0) is 24.0 Å². The van der Waals surface area contributed by atoms with Gasteiger partial charge in [0.25, 0.3) is 0 Å². The molecule has 1 aromatic rings. The minimum Gasteiger partial charge on any atom is -0.321 e. The zero-order valence-electron chi connectivity index (χ0n) is 9.60. The van der Waals surface area contributed by atoms with Gasteiger partial charge in [0.15, 0.2) is 0 Å². The maximum atomic E-state index is 6.22. The Kier molecular flexibility index (Phi) is 5.30. The first-order valence-corrected chi connectivity index (χ1v) is 5.50. The van der Waals surface area contributed by atoms with Crippen LogP contribution in [0.1, 0.15) is 24.4 Å². The van der Waals surface area contributed by atoms with Crippen molar-refractivity contribution in [3.8, 4) is 0 Å². The second kappa shape index (κ2) is 6.81. The van der Waals surface area contributed by atoms with E-state index in [2.05, 4.69) is 31.4 Å². The zero-order chi connectivity index (χ0) is 11.8. The van der Waals surface area contributed by atoms with Gasteiger partial charge >= 0.3 is 0 Å². The summed E-state index contributed by atoms with van der Waals surface area (Å²) in [4.78, 5) is 0. The molecule has 2 N–H and O–H groups in total. The summed E-state index contributed by atoms with van der Waals surface area (Å²) in [7, 11) is 0. The van der Waals surface area contributed by atoms with Crippen LogP contribution in [0.5, 0.6) is 0 Å². The van der Waals surface area contributed by atoms with Crippen LogP contribution in [-0.4, -0.2) is 0 Å². The van der Waals surface area contributed by atoms with Crippen LogP contribution in [0, 0.1) is 0 Å². The largest absolute Gasteiger partial charge is 0.321 e. The Morgan fingerprint density at radius 1 is 1.19 bits per heavy atom. The molecular weight excluding hydrogens is 194 g/mol. The monoisotopic (exact) mass is 213 g/mol.